The summed E-state index contributed by atoms with van der Waals surface area (Å²) >= 11 is 0. The molecule has 0 aliphatic heterocycles. The molecule has 1 rings (SSSR count). The molecule has 1 atom stereocenters. The molecule has 0 fully saturated rings. The van der Waals surface area contributed by atoms with Crippen molar-refractivity contribution in [2.75, 3.05) is 19.0 Å². The number of rotatable bonds is 5. The zero-order chi connectivity index (χ0) is 11.3. The van der Waals surface area contributed by atoms with Crippen LogP contribution in [0.15, 0.2) is 18.2 Å². The van der Waals surface area contributed by atoms with Crippen molar-refractivity contribution in [2.45, 2.75) is 19.9 Å². The minimum absolute atomic E-state index is 0.137. The molecule has 1 aromatic rings. The van der Waals surface area contributed by atoms with Gasteiger partial charge in [0.1, 0.15) is 5.82 Å². The Morgan fingerprint density at radius 1 is 1.47 bits per heavy atom. The van der Waals surface area contributed by atoms with E-state index in [2.05, 4.69) is 24.1 Å². The van der Waals surface area contributed by atoms with E-state index in [1.165, 1.54) is 0 Å². The third-order valence-electron chi connectivity index (χ3n) is 2.31. The van der Waals surface area contributed by atoms with Crippen molar-refractivity contribution < 1.29 is 4.74 Å². The fourth-order valence-corrected chi connectivity index (χ4v) is 1.09. The largest absolute Gasteiger partial charge is 0.481 e. The van der Waals surface area contributed by atoms with Gasteiger partial charge in [0.05, 0.1) is 7.11 Å². The third kappa shape index (κ3) is 3.75. The van der Waals surface area contributed by atoms with E-state index in [0.29, 0.717) is 11.8 Å². The topological polar surface area (TPSA) is 60.2 Å². The van der Waals surface area contributed by atoms with Gasteiger partial charge in [-0.05, 0) is 12.0 Å². The summed E-state index contributed by atoms with van der Waals surface area (Å²) in [6, 6.07) is 5.75. The Labute approximate surface area is 90.8 Å². The average Bonchev–Trinajstić information content (AvgIpc) is 2.26. The predicted molar refractivity (Wildman–Crippen MR) is 62.1 cm³/mol. The molecule has 0 aliphatic rings. The summed E-state index contributed by atoms with van der Waals surface area (Å²) < 4.78 is 5.03. The maximum atomic E-state index is 5.91. The van der Waals surface area contributed by atoms with Crippen LogP contribution >= 0.6 is 0 Å². The second-order valence-corrected chi connectivity index (χ2v) is 3.85. The van der Waals surface area contributed by atoms with Crippen LogP contribution in [0.5, 0.6) is 5.88 Å². The maximum Gasteiger partial charge on any atom is 0.214 e. The van der Waals surface area contributed by atoms with Crippen molar-refractivity contribution in [3.8, 4) is 5.88 Å². The van der Waals surface area contributed by atoms with Crippen molar-refractivity contribution >= 4 is 5.82 Å². The molecular formula is C11H19N3O. The van der Waals surface area contributed by atoms with Crippen molar-refractivity contribution in [1.82, 2.24) is 4.98 Å². The highest BCUT2D eigenvalue weighted by Crippen LogP contribution is 2.10. The molecule has 3 N–H and O–H groups in total. The van der Waals surface area contributed by atoms with E-state index in [1.54, 1.807) is 7.11 Å². The van der Waals surface area contributed by atoms with Gasteiger partial charge in [0.2, 0.25) is 5.88 Å². The van der Waals surface area contributed by atoms with Gasteiger partial charge in [-0.3, -0.25) is 0 Å². The summed E-state index contributed by atoms with van der Waals surface area (Å²) in [5.41, 5.74) is 5.91. The number of ether oxygens (including phenoxy) is 1. The van der Waals surface area contributed by atoms with Crippen molar-refractivity contribution in [1.29, 1.82) is 0 Å². The second kappa shape index (κ2) is 5.56. The monoisotopic (exact) mass is 209 g/mol. The molecule has 0 spiro atoms. The fourth-order valence-electron chi connectivity index (χ4n) is 1.09. The number of nitrogens with zero attached hydrogens (tertiary/aromatic N) is 1. The van der Waals surface area contributed by atoms with E-state index in [4.69, 9.17) is 10.5 Å². The molecule has 0 saturated heterocycles. The number of nitrogens with two attached hydrogens (primary N) is 1. The number of hydrogen-bond donors (Lipinski definition) is 2. The van der Waals surface area contributed by atoms with Crippen LogP contribution in [0.3, 0.4) is 0 Å². The first-order chi connectivity index (χ1) is 7.13. The number of aromatic nitrogens is 1. The normalized spacial score (nSPS) is 12.6. The molecule has 4 nitrogen and oxygen atoms in total. The average molecular weight is 209 g/mol. The molecule has 0 amide bonds. The quantitative estimate of drug-likeness (QED) is 0.771. The number of anilines is 1. The summed E-state index contributed by atoms with van der Waals surface area (Å²) in [5.74, 6) is 1.87. The van der Waals surface area contributed by atoms with Gasteiger partial charge in [-0.1, -0.05) is 19.9 Å². The van der Waals surface area contributed by atoms with Crippen LogP contribution in [0.25, 0.3) is 0 Å². The molecule has 15 heavy (non-hydrogen) atoms. The Kier molecular flexibility index (Phi) is 4.37. The molecule has 84 valence electrons. The first-order valence-corrected chi connectivity index (χ1v) is 5.14. The van der Waals surface area contributed by atoms with Gasteiger partial charge in [-0.15, -0.1) is 0 Å². The second-order valence-electron chi connectivity index (χ2n) is 3.85. The number of hydrogen-bond acceptors (Lipinski definition) is 4. The molecule has 1 heterocycles. The highest BCUT2D eigenvalue weighted by Gasteiger charge is 2.07. The number of nitrogens with one attached hydrogen (secondary N) is 1. The van der Waals surface area contributed by atoms with E-state index >= 15 is 0 Å². The van der Waals surface area contributed by atoms with Gasteiger partial charge in [0.15, 0.2) is 0 Å². The summed E-state index contributed by atoms with van der Waals surface area (Å²) in [6.45, 7) is 4.93. The SMILES string of the molecule is COc1cccc(NCC(N)C(C)C)n1. The summed E-state index contributed by atoms with van der Waals surface area (Å²) in [5, 5.41) is 3.18. The Morgan fingerprint density at radius 2 is 2.20 bits per heavy atom. The summed E-state index contributed by atoms with van der Waals surface area (Å²) in [6.07, 6.45) is 0. The van der Waals surface area contributed by atoms with Gasteiger partial charge < -0.3 is 15.8 Å². The molecule has 1 unspecified atom stereocenters. The molecule has 0 aliphatic carbocycles. The minimum Gasteiger partial charge on any atom is -0.481 e. The first kappa shape index (κ1) is 11.8. The van der Waals surface area contributed by atoms with E-state index < -0.39 is 0 Å². The van der Waals surface area contributed by atoms with Gasteiger partial charge in [-0.25, -0.2) is 0 Å². The van der Waals surface area contributed by atoms with Crippen LogP contribution < -0.4 is 15.8 Å². The lowest BCUT2D eigenvalue weighted by Gasteiger charge is -2.16. The van der Waals surface area contributed by atoms with Crippen LogP contribution in [0.1, 0.15) is 13.8 Å². The lowest BCUT2D eigenvalue weighted by Crippen LogP contribution is -2.34. The van der Waals surface area contributed by atoms with Crippen LogP contribution in [-0.2, 0) is 0 Å². The Balaban J connectivity index is 2.50. The van der Waals surface area contributed by atoms with Crippen LogP contribution in [0, 0.1) is 5.92 Å². The molecule has 0 saturated carbocycles. The fraction of sp³-hybridized carbons (Fsp3) is 0.545. The van der Waals surface area contributed by atoms with Gasteiger partial charge in [-0.2, -0.15) is 4.98 Å². The highest BCUT2D eigenvalue weighted by atomic mass is 16.5. The number of methoxy groups -OCH3 is 1. The van der Waals surface area contributed by atoms with Gasteiger partial charge in [0.25, 0.3) is 0 Å². The van der Waals surface area contributed by atoms with Crippen molar-refractivity contribution in [3.63, 3.8) is 0 Å². The zero-order valence-corrected chi connectivity index (χ0v) is 9.53. The predicted octanol–water partition coefficient (Wildman–Crippen LogP) is 1.49. The molecular weight excluding hydrogens is 190 g/mol. The Bertz CT molecular complexity index is 302. The van der Waals surface area contributed by atoms with Crippen LogP contribution in [-0.4, -0.2) is 24.7 Å². The highest BCUT2D eigenvalue weighted by molar-refractivity contribution is 5.37. The summed E-state index contributed by atoms with van der Waals surface area (Å²) in [7, 11) is 1.60. The van der Waals surface area contributed by atoms with E-state index in [-0.39, 0.29) is 6.04 Å². The Hall–Kier alpha value is -1.29. The lowest BCUT2D eigenvalue weighted by molar-refractivity contribution is 0.398. The lowest BCUT2D eigenvalue weighted by atomic mass is 10.1. The zero-order valence-electron chi connectivity index (χ0n) is 9.53. The number of pyridine rings is 1. The molecule has 0 radical (unpaired) electrons. The van der Waals surface area contributed by atoms with E-state index in [1.807, 2.05) is 18.2 Å². The van der Waals surface area contributed by atoms with Gasteiger partial charge >= 0.3 is 0 Å². The van der Waals surface area contributed by atoms with Gasteiger partial charge in [0, 0.05) is 18.7 Å². The molecule has 4 heteroatoms. The summed E-state index contributed by atoms with van der Waals surface area (Å²) in [4.78, 5) is 4.23. The van der Waals surface area contributed by atoms with E-state index in [0.717, 1.165) is 12.4 Å². The van der Waals surface area contributed by atoms with Crippen molar-refractivity contribution in [3.05, 3.63) is 18.2 Å². The Morgan fingerprint density at radius 3 is 2.80 bits per heavy atom. The maximum absolute atomic E-state index is 5.91. The molecule has 0 bridgehead atoms. The smallest absolute Gasteiger partial charge is 0.214 e. The van der Waals surface area contributed by atoms with Crippen molar-refractivity contribution in [2.24, 2.45) is 11.7 Å². The van der Waals surface area contributed by atoms with Crippen LogP contribution in [0.4, 0.5) is 5.82 Å². The third-order valence-corrected chi connectivity index (χ3v) is 2.31. The van der Waals surface area contributed by atoms with Crippen LogP contribution in [0.2, 0.25) is 0 Å². The molecule has 0 aromatic carbocycles. The standard InChI is InChI=1S/C11H19N3O/c1-8(2)9(12)7-13-10-5-4-6-11(14-10)15-3/h4-6,8-9H,7,12H2,1-3H3,(H,13,14). The molecule has 1 aromatic heterocycles. The minimum atomic E-state index is 0.137. The first-order valence-electron chi connectivity index (χ1n) is 5.14. The van der Waals surface area contributed by atoms with E-state index in [9.17, 15) is 0 Å².